The van der Waals surface area contributed by atoms with Crippen molar-refractivity contribution in [2.75, 3.05) is 13.2 Å². The van der Waals surface area contributed by atoms with Crippen molar-refractivity contribution in [1.29, 1.82) is 0 Å². The van der Waals surface area contributed by atoms with E-state index in [4.69, 9.17) is 11.6 Å². The predicted octanol–water partition coefficient (Wildman–Crippen LogP) is 3.75. The van der Waals surface area contributed by atoms with Crippen LogP contribution in [0.2, 0.25) is 5.02 Å². The van der Waals surface area contributed by atoms with Gasteiger partial charge in [0.25, 0.3) is 0 Å². The Bertz CT molecular complexity index is 463. The first-order valence-corrected chi connectivity index (χ1v) is 5.65. The molecule has 2 nitrogen and oxygen atoms in total. The molecule has 0 amide bonds. The first kappa shape index (κ1) is 15.9. The number of carbonyl (C=O) groups is 1. The number of Topliss-reactive ketones (excluding diaryl/α,β-unsaturated/α-hetero) is 1. The third-order valence-electron chi connectivity index (χ3n) is 2.34. The van der Waals surface area contributed by atoms with Crippen LogP contribution in [-0.2, 0) is 4.74 Å². The molecular weight excluding hydrogens is 288 g/mol. The molecule has 0 aliphatic carbocycles. The predicted molar refractivity (Wildman–Crippen MR) is 62.3 cm³/mol. The number of ketones is 1. The summed E-state index contributed by atoms with van der Waals surface area (Å²) in [6.07, 6.45) is -3.82. The van der Waals surface area contributed by atoms with Crippen LogP contribution in [0, 0.1) is 6.92 Å². The third kappa shape index (κ3) is 4.47. The molecule has 0 aliphatic rings. The van der Waals surface area contributed by atoms with Crippen molar-refractivity contribution in [2.24, 2.45) is 0 Å². The van der Waals surface area contributed by atoms with Crippen LogP contribution in [-0.4, -0.2) is 31.3 Å². The summed E-state index contributed by atoms with van der Waals surface area (Å²) in [6.45, 7) is -0.478. The molecule has 1 rings (SSSR count). The van der Waals surface area contributed by atoms with Crippen LogP contribution in [0.25, 0.3) is 0 Å². The lowest BCUT2D eigenvalue weighted by Crippen LogP contribution is -2.33. The van der Waals surface area contributed by atoms with E-state index in [1.165, 1.54) is 12.1 Å². The minimum Gasteiger partial charge on any atom is -0.367 e. The van der Waals surface area contributed by atoms with E-state index < -0.39 is 31.3 Å². The van der Waals surface area contributed by atoms with Gasteiger partial charge < -0.3 is 4.74 Å². The molecule has 7 heteroatoms. The van der Waals surface area contributed by atoms with E-state index in [1.54, 1.807) is 13.0 Å². The smallest absolute Gasteiger partial charge is 0.330 e. The van der Waals surface area contributed by atoms with Gasteiger partial charge in [-0.05, 0) is 18.6 Å². The highest BCUT2D eigenvalue weighted by Gasteiger charge is 2.41. The standard InChI is InChI=1S/C12H11ClF4O2/c1-7-2-3-8(4-9(7)13)10(18)5-19-6-12(16,17)11(14)15/h2-4,11H,5-6H2,1H3. The van der Waals surface area contributed by atoms with E-state index >= 15 is 0 Å². The first-order valence-electron chi connectivity index (χ1n) is 5.27. The van der Waals surface area contributed by atoms with Gasteiger partial charge in [0.15, 0.2) is 5.78 Å². The molecule has 0 spiro atoms. The van der Waals surface area contributed by atoms with Crippen molar-refractivity contribution >= 4 is 17.4 Å². The lowest BCUT2D eigenvalue weighted by molar-refractivity contribution is -0.163. The second kappa shape index (κ2) is 6.34. The Hall–Kier alpha value is -1.14. The molecule has 0 saturated carbocycles. The molecule has 0 N–H and O–H groups in total. The highest BCUT2D eigenvalue weighted by molar-refractivity contribution is 6.31. The van der Waals surface area contributed by atoms with Crippen molar-refractivity contribution in [1.82, 2.24) is 0 Å². The molecule has 0 fully saturated rings. The van der Waals surface area contributed by atoms with Gasteiger partial charge in [0.1, 0.15) is 13.2 Å². The minimum absolute atomic E-state index is 0.177. The number of alkyl halides is 4. The zero-order chi connectivity index (χ0) is 14.6. The Morgan fingerprint density at radius 3 is 2.58 bits per heavy atom. The van der Waals surface area contributed by atoms with Crippen LogP contribution in [0.15, 0.2) is 18.2 Å². The van der Waals surface area contributed by atoms with Crippen LogP contribution < -0.4 is 0 Å². The SMILES string of the molecule is Cc1ccc(C(=O)COCC(F)(F)C(F)F)cc1Cl. The zero-order valence-electron chi connectivity index (χ0n) is 9.93. The first-order chi connectivity index (χ1) is 8.74. The number of halogens is 5. The Kier molecular flexibility index (Phi) is 5.31. The monoisotopic (exact) mass is 298 g/mol. The van der Waals surface area contributed by atoms with Crippen molar-refractivity contribution < 1.29 is 27.1 Å². The van der Waals surface area contributed by atoms with Crippen LogP contribution in [0.3, 0.4) is 0 Å². The van der Waals surface area contributed by atoms with Crippen LogP contribution >= 0.6 is 11.6 Å². The molecule has 0 radical (unpaired) electrons. The van der Waals surface area contributed by atoms with Gasteiger partial charge in [-0.3, -0.25) is 4.79 Å². The third-order valence-corrected chi connectivity index (χ3v) is 2.75. The zero-order valence-corrected chi connectivity index (χ0v) is 10.7. The second-order valence-corrected chi connectivity index (χ2v) is 4.35. The maximum Gasteiger partial charge on any atom is 0.330 e. The summed E-state index contributed by atoms with van der Waals surface area (Å²) in [6, 6.07) is 4.41. The second-order valence-electron chi connectivity index (χ2n) is 3.94. The fourth-order valence-electron chi connectivity index (χ4n) is 1.19. The van der Waals surface area contributed by atoms with E-state index in [0.717, 1.165) is 5.56 Å². The summed E-state index contributed by atoms with van der Waals surface area (Å²) in [5.41, 5.74) is 0.930. The number of ether oxygens (including phenoxy) is 1. The number of rotatable bonds is 6. The average Bonchev–Trinajstić information content (AvgIpc) is 2.32. The molecule has 0 aromatic heterocycles. The van der Waals surface area contributed by atoms with Crippen LogP contribution in [0.1, 0.15) is 15.9 Å². The summed E-state index contributed by atoms with van der Waals surface area (Å²) in [5.74, 6) is -4.86. The number of benzene rings is 1. The highest BCUT2D eigenvalue weighted by atomic mass is 35.5. The van der Waals surface area contributed by atoms with Gasteiger partial charge in [0.2, 0.25) is 0 Å². The Morgan fingerprint density at radius 1 is 1.42 bits per heavy atom. The van der Waals surface area contributed by atoms with Gasteiger partial charge in [-0.2, -0.15) is 8.78 Å². The van der Waals surface area contributed by atoms with Crippen molar-refractivity contribution in [3.05, 3.63) is 34.3 Å². The molecule has 0 saturated heterocycles. The number of carbonyl (C=O) groups excluding carboxylic acids is 1. The van der Waals surface area contributed by atoms with E-state index in [2.05, 4.69) is 4.74 Å². The van der Waals surface area contributed by atoms with Crippen molar-refractivity contribution in [3.8, 4) is 0 Å². The molecule has 0 unspecified atom stereocenters. The molecule has 0 bridgehead atoms. The summed E-state index contributed by atoms with van der Waals surface area (Å²) in [7, 11) is 0. The van der Waals surface area contributed by atoms with Gasteiger partial charge >= 0.3 is 12.3 Å². The molecule has 106 valence electrons. The van der Waals surface area contributed by atoms with Crippen LogP contribution in [0.5, 0.6) is 0 Å². The lowest BCUT2D eigenvalue weighted by Gasteiger charge is -2.14. The average molecular weight is 299 g/mol. The normalized spacial score (nSPS) is 11.9. The molecule has 0 heterocycles. The summed E-state index contributed by atoms with van der Waals surface area (Å²) in [4.78, 5) is 11.5. The van der Waals surface area contributed by atoms with E-state index in [-0.39, 0.29) is 5.56 Å². The number of hydrogen-bond donors (Lipinski definition) is 0. The fraction of sp³-hybridized carbons (Fsp3) is 0.417. The van der Waals surface area contributed by atoms with E-state index in [0.29, 0.717) is 5.02 Å². The molecule has 19 heavy (non-hydrogen) atoms. The highest BCUT2D eigenvalue weighted by Crippen LogP contribution is 2.23. The molecule has 0 atom stereocenters. The van der Waals surface area contributed by atoms with Gasteiger partial charge in [-0.25, -0.2) is 8.78 Å². The quantitative estimate of drug-likeness (QED) is 0.590. The summed E-state index contributed by atoms with van der Waals surface area (Å²) in [5, 5.41) is 0.351. The minimum atomic E-state index is -4.26. The maximum atomic E-state index is 12.5. The van der Waals surface area contributed by atoms with Crippen LogP contribution in [0.4, 0.5) is 17.6 Å². The largest absolute Gasteiger partial charge is 0.367 e. The Labute approximate surface area is 112 Å². The molecular formula is C12H11ClF4O2. The Balaban J connectivity index is 2.54. The summed E-state index contributed by atoms with van der Waals surface area (Å²) >= 11 is 5.79. The van der Waals surface area contributed by atoms with Crippen molar-refractivity contribution in [2.45, 2.75) is 19.3 Å². The number of aryl methyl sites for hydroxylation is 1. The summed E-state index contributed by atoms with van der Waals surface area (Å²) < 4.78 is 53.0. The Morgan fingerprint density at radius 2 is 2.05 bits per heavy atom. The molecule has 0 aliphatic heterocycles. The van der Waals surface area contributed by atoms with Gasteiger partial charge in [-0.15, -0.1) is 0 Å². The van der Waals surface area contributed by atoms with Gasteiger partial charge in [-0.1, -0.05) is 23.7 Å². The maximum absolute atomic E-state index is 12.5. The number of hydrogen-bond acceptors (Lipinski definition) is 2. The molecule has 1 aromatic rings. The van der Waals surface area contributed by atoms with Gasteiger partial charge in [0.05, 0.1) is 0 Å². The van der Waals surface area contributed by atoms with E-state index in [1.807, 2.05) is 0 Å². The fourth-order valence-corrected chi connectivity index (χ4v) is 1.37. The lowest BCUT2D eigenvalue weighted by atomic mass is 10.1. The molecule has 1 aromatic carbocycles. The van der Waals surface area contributed by atoms with Crippen molar-refractivity contribution in [3.63, 3.8) is 0 Å². The van der Waals surface area contributed by atoms with E-state index in [9.17, 15) is 22.4 Å². The van der Waals surface area contributed by atoms with Gasteiger partial charge in [0, 0.05) is 10.6 Å². The topological polar surface area (TPSA) is 26.3 Å².